The molecule has 0 heteroatoms. The number of rotatable bonds is 2. The normalized spacial score (nSPS) is 46.2. The first-order valence-electron chi connectivity index (χ1n) is 5.42. The van der Waals surface area contributed by atoms with Gasteiger partial charge in [0.15, 0.2) is 0 Å². The molecule has 12 heavy (non-hydrogen) atoms. The smallest absolute Gasteiger partial charge is 0.0116 e. The first kappa shape index (κ1) is 8.34. The van der Waals surface area contributed by atoms with Crippen molar-refractivity contribution in [3.8, 4) is 0 Å². The topological polar surface area (TPSA) is 0 Å². The van der Waals surface area contributed by atoms with Crippen molar-refractivity contribution in [1.82, 2.24) is 0 Å². The van der Waals surface area contributed by atoms with Crippen LogP contribution in [0.4, 0.5) is 0 Å². The molecule has 2 rings (SSSR count). The Hall–Kier alpha value is -0.260. The van der Waals surface area contributed by atoms with Crippen LogP contribution < -0.4 is 0 Å². The average molecular weight is 164 g/mol. The zero-order chi connectivity index (χ0) is 8.60. The van der Waals surface area contributed by atoms with E-state index in [1.165, 1.54) is 32.1 Å². The minimum absolute atomic E-state index is 0.582. The third kappa shape index (κ3) is 1.22. The van der Waals surface area contributed by atoms with Gasteiger partial charge in [-0.1, -0.05) is 32.4 Å². The highest BCUT2D eigenvalue weighted by Crippen LogP contribution is 2.56. The summed E-state index contributed by atoms with van der Waals surface area (Å²) in [7, 11) is 0. The summed E-state index contributed by atoms with van der Waals surface area (Å²) in [5.41, 5.74) is 0.582. The van der Waals surface area contributed by atoms with E-state index in [4.69, 9.17) is 0 Å². The van der Waals surface area contributed by atoms with Gasteiger partial charge in [0.1, 0.15) is 0 Å². The van der Waals surface area contributed by atoms with Crippen molar-refractivity contribution in [2.45, 2.75) is 46.0 Å². The van der Waals surface area contributed by atoms with E-state index < -0.39 is 0 Å². The molecule has 0 spiro atoms. The summed E-state index contributed by atoms with van der Waals surface area (Å²) < 4.78 is 0. The fourth-order valence-corrected chi connectivity index (χ4v) is 3.24. The predicted molar refractivity (Wildman–Crippen MR) is 53.0 cm³/mol. The molecule has 0 aromatic carbocycles. The maximum atomic E-state index is 2.50. The molecule has 0 aliphatic heterocycles. The summed E-state index contributed by atoms with van der Waals surface area (Å²) in [6.07, 6.45) is 12.1. The number of hydrogen-bond acceptors (Lipinski definition) is 0. The fourth-order valence-electron chi connectivity index (χ4n) is 3.24. The zero-order valence-corrected chi connectivity index (χ0v) is 8.34. The van der Waals surface area contributed by atoms with Gasteiger partial charge in [-0.15, -0.1) is 0 Å². The van der Waals surface area contributed by atoms with Crippen LogP contribution in [-0.2, 0) is 0 Å². The third-order valence-electron chi connectivity index (χ3n) is 3.94. The van der Waals surface area contributed by atoms with Gasteiger partial charge in [-0.3, -0.25) is 0 Å². The zero-order valence-electron chi connectivity index (χ0n) is 8.34. The first-order valence-corrected chi connectivity index (χ1v) is 5.42. The summed E-state index contributed by atoms with van der Waals surface area (Å²) in [4.78, 5) is 0. The van der Waals surface area contributed by atoms with Crippen molar-refractivity contribution in [2.75, 3.05) is 0 Å². The van der Waals surface area contributed by atoms with Crippen LogP contribution >= 0.6 is 0 Å². The molecule has 3 unspecified atom stereocenters. The molecule has 3 atom stereocenters. The van der Waals surface area contributed by atoms with Gasteiger partial charge in [-0.2, -0.15) is 0 Å². The third-order valence-corrected chi connectivity index (χ3v) is 3.94. The lowest BCUT2D eigenvalue weighted by molar-refractivity contribution is 0.258. The van der Waals surface area contributed by atoms with E-state index in [0.717, 1.165) is 11.8 Å². The highest BCUT2D eigenvalue weighted by atomic mass is 14.5. The van der Waals surface area contributed by atoms with Gasteiger partial charge >= 0.3 is 0 Å². The van der Waals surface area contributed by atoms with Gasteiger partial charge in [-0.25, -0.2) is 0 Å². The maximum Gasteiger partial charge on any atom is -0.0116 e. The van der Waals surface area contributed by atoms with Crippen LogP contribution in [-0.4, -0.2) is 0 Å². The fraction of sp³-hybridized carbons (Fsp3) is 0.833. The molecular formula is C12H20. The van der Waals surface area contributed by atoms with Gasteiger partial charge in [0.2, 0.25) is 0 Å². The van der Waals surface area contributed by atoms with Crippen LogP contribution in [0.2, 0.25) is 0 Å². The van der Waals surface area contributed by atoms with E-state index in [-0.39, 0.29) is 0 Å². The Morgan fingerprint density at radius 1 is 1.42 bits per heavy atom. The van der Waals surface area contributed by atoms with Crippen molar-refractivity contribution < 1.29 is 0 Å². The quantitative estimate of drug-likeness (QED) is 0.545. The van der Waals surface area contributed by atoms with E-state index in [1.807, 2.05) is 0 Å². The molecule has 2 saturated carbocycles. The lowest BCUT2D eigenvalue weighted by Crippen LogP contribution is -2.21. The molecule has 0 N–H and O–H groups in total. The van der Waals surface area contributed by atoms with Crippen molar-refractivity contribution in [1.29, 1.82) is 0 Å². The molecule has 0 saturated heterocycles. The Bertz CT molecular complexity index is 192. The highest BCUT2D eigenvalue weighted by molar-refractivity contribution is 5.08. The second-order valence-electron chi connectivity index (χ2n) is 4.90. The molecule has 0 radical (unpaired) electrons. The second-order valence-corrected chi connectivity index (χ2v) is 4.90. The van der Waals surface area contributed by atoms with Crippen LogP contribution in [0, 0.1) is 17.3 Å². The summed E-state index contributed by atoms with van der Waals surface area (Å²) in [5.74, 6) is 2.09. The first-order chi connectivity index (χ1) is 5.74. The number of allylic oxidation sites excluding steroid dienone is 2. The SMILES string of the molecule is CC/C=C/C1(C)CC2CCC1C2. The monoisotopic (exact) mass is 164 g/mol. The average Bonchev–Trinajstić information content (AvgIpc) is 2.60. The van der Waals surface area contributed by atoms with Gasteiger partial charge < -0.3 is 0 Å². The summed E-state index contributed by atoms with van der Waals surface area (Å²) >= 11 is 0. The van der Waals surface area contributed by atoms with Crippen molar-refractivity contribution >= 4 is 0 Å². The summed E-state index contributed by atoms with van der Waals surface area (Å²) in [5, 5.41) is 0. The van der Waals surface area contributed by atoms with Crippen LogP contribution in [0.3, 0.4) is 0 Å². The molecular weight excluding hydrogens is 144 g/mol. The largest absolute Gasteiger partial charge is 0.0883 e. The molecule has 2 aliphatic rings. The van der Waals surface area contributed by atoms with E-state index in [0.29, 0.717) is 5.41 Å². The number of fused-ring (bicyclic) bond motifs is 2. The lowest BCUT2D eigenvalue weighted by Gasteiger charge is -2.30. The molecule has 2 aliphatic carbocycles. The van der Waals surface area contributed by atoms with Crippen molar-refractivity contribution in [3.05, 3.63) is 12.2 Å². The van der Waals surface area contributed by atoms with Crippen molar-refractivity contribution in [2.24, 2.45) is 17.3 Å². The Balaban J connectivity index is 2.07. The van der Waals surface area contributed by atoms with Crippen LogP contribution in [0.15, 0.2) is 12.2 Å². The summed E-state index contributed by atoms with van der Waals surface area (Å²) in [6, 6.07) is 0. The molecule has 2 fully saturated rings. The molecule has 2 bridgehead atoms. The van der Waals surface area contributed by atoms with E-state index in [9.17, 15) is 0 Å². The second kappa shape index (κ2) is 2.90. The van der Waals surface area contributed by atoms with Crippen LogP contribution in [0.1, 0.15) is 46.0 Å². The van der Waals surface area contributed by atoms with E-state index in [1.54, 1.807) is 0 Å². The Morgan fingerprint density at radius 3 is 2.75 bits per heavy atom. The molecule has 68 valence electrons. The Labute approximate surface area is 76.1 Å². The van der Waals surface area contributed by atoms with Crippen molar-refractivity contribution in [3.63, 3.8) is 0 Å². The molecule has 0 heterocycles. The number of hydrogen-bond donors (Lipinski definition) is 0. The van der Waals surface area contributed by atoms with E-state index >= 15 is 0 Å². The lowest BCUT2D eigenvalue weighted by atomic mass is 9.74. The van der Waals surface area contributed by atoms with Gasteiger partial charge in [0, 0.05) is 0 Å². The van der Waals surface area contributed by atoms with Gasteiger partial charge in [0.25, 0.3) is 0 Å². The minimum atomic E-state index is 0.582. The van der Waals surface area contributed by atoms with Crippen LogP contribution in [0.25, 0.3) is 0 Å². The van der Waals surface area contributed by atoms with Crippen LogP contribution in [0.5, 0.6) is 0 Å². The predicted octanol–water partition coefficient (Wildman–Crippen LogP) is 3.78. The maximum absolute atomic E-state index is 2.50. The van der Waals surface area contributed by atoms with Gasteiger partial charge in [0.05, 0.1) is 0 Å². The minimum Gasteiger partial charge on any atom is -0.0883 e. The molecule has 0 aromatic heterocycles. The molecule has 0 amide bonds. The molecule has 0 aromatic rings. The Kier molecular flexibility index (Phi) is 2.02. The standard InChI is InChI=1S/C12H20/c1-3-4-7-12(2)9-10-5-6-11(12)8-10/h4,7,10-11H,3,5-6,8-9H2,1-2H3/b7-4+. The highest BCUT2D eigenvalue weighted by Gasteiger charge is 2.45. The van der Waals surface area contributed by atoms with E-state index in [2.05, 4.69) is 26.0 Å². The Morgan fingerprint density at radius 2 is 2.25 bits per heavy atom. The van der Waals surface area contributed by atoms with Gasteiger partial charge in [-0.05, 0) is 42.9 Å². The summed E-state index contributed by atoms with van der Waals surface area (Å²) in [6.45, 7) is 4.69. The molecule has 0 nitrogen and oxygen atoms in total.